The Morgan fingerprint density at radius 1 is 1.37 bits per heavy atom. The molecule has 1 saturated heterocycles. The Kier molecular flexibility index (Phi) is 8.30. The van der Waals surface area contributed by atoms with Crippen LogP contribution in [-0.2, 0) is 14.3 Å². The van der Waals surface area contributed by atoms with Gasteiger partial charge in [0.25, 0.3) is 0 Å². The van der Waals surface area contributed by atoms with Gasteiger partial charge in [-0.1, -0.05) is 0 Å². The minimum absolute atomic E-state index is 0.0284. The number of halogens is 2. The molecule has 0 N–H and O–H groups in total. The molecule has 1 aliphatic rings. The first-order valence-corrected chi connectivity index (χ1v) is 12.2. The van der Waals surface area contributed by atoms with Crippen LogP contribution in [0.4, 0.5) is 0 Å². The van der Waals surface area contributed by atoms with E-state index in [-0.39, 0.29) is 24.3 Å². The van der Waals surface area contributed by atoms with Crippen molar-refractivity contribution < 1.29 is 14.3 Å². The fourth-order valence-corrected chi connectivity index (χ4v) is 1.79. The van der Waals surface area contributed by atoms with Crippen molar-refractivity contribution >= 4 is 48.9 Å². The minimum atomic E-state index is -0.777. The highest BCUT2D eigenvalue weighted by atomic mass is 128. The molecule has 0 aliphatic carbocycles. The van der Waals surface area contributed by atoms with E-state index in [0.717, 1.165) is 0 Å². The fraction of sp³-hybridized carbons (Fsp3) is 0.833. The van der Waals surface area contributed by atoms with Crippen LogP contribution in [0.1, 0.15) is 20.8 Å². The first-order valence-electron chi connectivity index (χ1n) is 5.94. The van der Waals surface area contributed by atoms with Gasteiger partial charge in [-0.3, -0.25) is 14.5 Å². The van der Waals surface area contributed by atoms with Gasteiger partial charge >= 0.3 is 0 Å². The van der Waals surface area contributed by atoms with Gasteiger partial charge in [0.2, 0.25) is 5.91 Å². The summed E-state index contributed by atoms with van der Waals surface area (Å²) in [6, 6.07) is -0.698. The zero-order chi connectivity index (χ0) is 15.4. The lowest BCUT2D eigenvalue weighted by Crippen LogP contribution is -2.50. The molecule has 2 unspecified atom stereocenters. The average Bonchev–Trinajstić information content (AvgIpc) is 2.64. The number of ether oxygens (including phenoxy) is 1. The molecule has 0 spiro atoms. The molecule has 5 nitrogen and oxygen atoms in total. The molecule has 0 radical (unpaired) electrons. The summed E-state index contributed by atoms with van der Waals surface area (Å²) in [5.41, 5.74) is -0.777. The van der Waals surface area contributed by atoms with E-state index in [1.807, 2.05) is 25.9 Å². The summed E-state index contributed by atoms with van der Waals surface area (Å²) in [6.07, 6.45) is 0. The fourth-order valence-electron chi connectivity index (χ4n) is 1.79. The number of amides is 1. The van der Waals surface area contributed by atoms with E-state index in [2.05, 4.69) is 37.2 Å². The molecular formula is C12H22I2N2O3. The van der Waals surface area contributed by atoms with E-state index in [9.17, 15) is 9.59 Å². The standard InChI is InChI=1S/C12H22N2O3.I2/c1-8(13(4)5)11(16)14(6)9-7-17-12(2,3)10(9)15;1-2/h8-9H,7H2,1-6H3;. The molecule has 0 aromatic rings. The number of Topliss-reactive ketones (excluding diaryl/α,β-unsaturated/α-hetero) is 1. The van der Waals surface area contributed by atoms with Crippen LogP contribution < -0.4 is 0 Å². The van der Waals surface area contributed by atoms with Crippen molar-refractivity contribution in [3.05, 3.63) is 0 Å². The molecule has 7 heteroatoms. The van der Waals surface area contributed by atoms with Gasteiger partial charge in [-0.2, -0.15) is 0 Å². The summed E-state index contributed by atoms with van der Waals surface area (Å²) in [5, 5.41) is 0. The van der Waals surface area contributed by atoms with Gasteiger partial charge in [-0.15, -0.1) is 0 Å². The van der Waals surface area contributed by atoms with Gasteiger partial charge in [-0.25, -0.2) is 0 Å². The molecule has 1 rings (SSSR count). The van der Waals surface area contributed by atoms with E-state index in [4.69, 9.17) is 4.74 Å². The van der Waals surface area contributed by atoms with Crippen LogP contribution in [0.3, 0.4) is 0 Å². The molecule has 1 amide bonds. The second-order valence-electron chi connectivity index (χ2n) is 5.29. The number of hydrogen-bond donors (Lipinski definition) is 0. The summed E-state index contributed by atoms with van der Waals surface area (Å²) < 4.78 is 5.42. The number of ketones is 1. The van der Waals surface area contributed by atoms with Crippen molar-refractivity contribution in [1.29, 1.82) is 0 Å². The first kappa shape index (κ1) is 19.5. The zero-order valence-corrected chi connectivity index (χ0v) is 16.6. The molecule has 2 atom stereocenters. The third-order valence-electron chi connectivity index (χ3n) is 3.45. The van der Waals surface area contributed by atoms with Crippen molar-refractivity contribution in [3.8, 4) is 0 Å². The Morgan fingerprint density at radius 2 is 1.84 bits per heavy atom. The highest BCUT2D eigenvalue weighted by Gasteiger charge is 2.45. The predicted molar refractivity (Wildman–Crippen MR) is 92.8 cm³/mol. The molecule has 19 heavy (non-hydrogen) atoms. The molecular weight excluding hydrogens is 474 g/mol. The zero-order valence-electron chi connectivity index (χ0n) is 12.2. The maximum absolute atomic E-state index is 12.1. The number of rotatable bonds is 3. The molecule has 112 valence electrons. The number of carbonyl (C=O) groups excluding carboxylic acids is 2. The van der Waals surface area contributed by atoms with Gasteiger partial charge in [-0.05, 0) is 34.9 Å². The Hall–Kier alpha value is 0.520. The largest absolute Gasteiger partial charge is 0.365 e. The van der Waals surface area contributed by atoms with Crippen LogP contribution >= 0.6 is 37.2 Å². The monoisotopic (exact) mass is 496 g/mol. The van der Waals surface area contributed by atoms with Gasteiger partial charge in [0.1, 0.15) is 11.6 Å². The van der Waals surface area contributed by atoms with Crippen molar-refractivity contribution in [3.63, 3.8) is 0 Å². The van der Waals surface area contributed by atoms with E-state index < -0.39 is 11.6 Å². The normalized spacial score (nSPS) is 22.8. The summed E-state index contributed by atoms with van der Waals surface area (Å²) in [5.74, 6) is -0.0889. The van der Waals surface area contributed by atoms with Gasteiger partial charge < -0.3 is 9.64 Å². The maximum Gasteiger partial charge on any atom is 0.240 e. The topological polar surface area (TPSA) is 49.9 Å². The quantitative estimate of drug-likeness (QED) is 0.561. The van der Waals surface area contributed by atoms with Crippen molar-refractivity contribution in [2.24, 2.45) is 0 Å². The highest BCUT2D eigenvalue weighted by Crippen LogP contribution is 2.24. The Labute approximate surface area is 138 Å². The summed E-state index contributed by atoms with van der Waals surface area (Å²) in [7, 11) is 5.34. The van der Waals surface area contributed by atoms with E-state index >= 15 is 0 Å². The molecule has 1 fully saturated rings. The molecule has 1 heterocycles. The second kappa shape index (κ2) is 8.08. The highest BCUT2D eigenvalue weighted by molar-refractivity contribution is 15.0. The second-order valence-corrected chi connectivity index (χ2v) is 5.29. The summed E-state index contributed by atoms with van der Waals surface area (Å²) >= 11 is 4.24. The molecule has 0 aromatic heterocycles. The van der Waals surface area contributed by atoms with Crippen LogP contribution in [0.15, 0.2) is 0 Å². The van der Waals surface area contributed by atoms with Gasteiger partial charge in [0.05, 0.1) is 12.6 Å². The third-order valence-corrected chi connectivity index (χ3v) is 3.45. The van der Waals surface area contributed by atoms with Crippen LogP contribution in [0.25, 0.3) is 0 Å². The third kappa shape index (κ3) is 4.78. The van der Waals surface area contributed by atoms with Crippen molar-refractivity contribution in [2.45, 2.75) is 38.5 Å². The van der Waals surface area contributed by atoms with Crippen LogP contribution in [-0.4, -0.2) is 66.9 Å². The summed E-state index contributed by atoms with van der Waals surface area (Å²) in [4.78, 5) is 27.5. The Morgan fingerprint density at radius 3 is 2.16 bits per heavy atom. The lowest BCUT2D eigenvalue weighted by Gasteiger charge is -2.28. The Balaban J connectivity index is 0.00000154. The minimum Gasteiger partial charge on any atom is -0.365 e. The van der Waals surface area contributed by atoms with Gasteiger partial charge in [0, 0.05) is 44.3 Å². The molecule has 0 aromatic carbocycles. The maximum atomic E-state index is 12.1. The lowest BCUT2D eigenvalue weighted by atomic mass is 10.00. The number of likely N-dealkylation sites (N-methyl/N-ethyl adjacent to an activating group) is 2. The number of carbonyl (C=O) groups is 2. The van der Waals surface area contributed by atoms with Crippen LogP contribution in [0, 0.1) is 0 Å². The van der Waals surface area contributed by atoms with Crippen molar-refractivity contribution in [2.75, 3.05) is 27.7 Å². The van der Waals surface area contributed by atoms with Crippen LogP contribution in [0.5, 0.6) is 0 Å². The van der Waals surface area contributed by atoms with Crippen molar-refractivity contribution in [1.82, 2.24) is 9.80 Å². The Bertz CT molecular complexity index is 335. The SMILES string of the molecule is CC(C(=O)N(C)C1COC(C)(C)C1=O)N(C)C.II. The average molecular weight is 496 g/mol. The van der Waals surface area contributed by atoms with E-state index in [1.54, 1.807) is 20.9 Å². The van der Waals surface area contributed by atoms with Gasteiger partial charge in [0.15, 0.2) is 5.78 Å². The van der Waals surface area contributed by atoms with E-state index in [0.29, 0.717) is 0 Å². The first-order chi connectivity index (χ1) is 8.68. The smallest absolute Gasteiger partial charge is 0.240 e. The van der Waals surface area contributed by atoms with Crippen LogP contribution in [0.2, 0.25) is 0 Å². The summed E-state index contributed by atoms with van der Waals surface area (Å²) in [6.45, 7) is 5.59. The predicted octanol–water partition coefficient (Wildman–Crippen LogP) is 1.91. The molecule has 1 aliphatic heterocycles. The number of hydrogen-bond acceptors (Lipinski definition) is 4. The van der Waals surface area contributed by atoms with E-state index in [1.165, 1.54) is 4.90 Å². The molecule has 0 bridgehead atoms. The number of nitrogens with zero attached hydrogens (tertiary/aromatic N) is 2. The lowest BCUT2D eigenvalue weighted by molar-refractivity contribution is -0.140. The molecule has 0 saturated carbocycles.